The van der Waals surface area contributed by atoms with E-state index in [1.165, 1.54) is 17.0 Å². The van der Waals surface area contributed by atoms with Crippen LogP contribution in [0.15, 0.2) is 48.5 Å². The summed E-state index contributed by atoms with van der Waals surface area (Å²) < 4.78 is 5.41. The van der Waals surface area contributed by atoms with Crippen molar-refractivity contribution in [1.82, 2.24) is 0 Å². The first-order chi connectivity index (χ1) is 12.1. The lowest BCUT2D eigenvalue weighted by Crippen LogP contribution is -2.37. The Hall–Kier alpha value is -2.89. The molecule has 25 heavy (non-hydrogen) atoms. The summed E-state index contributed by atoms with van der Waals surface area (Å²) in [5.41, 5.74) is 2.44. The van der Waals surface area contributed by atoms with E-state index in [-0.39, 0.29) is 12.3 Å². The maximum atomic E-state index is 12.5. The zero-order valence-corrected chi connectivity index (χ0v) is 14.1. The van der Waals surface area contributed by atoms with Gasteiger partial charge in [0.25, 0.3) is 5.69 Å². The molecule has 1 heterocycles. The minimum absolute atomic E-state index is 0.0173. The van der Waals surface area contributed by atoms with Crippen LogP contribution in [0, 0.1) is 10.1 Å². The molecule has 6 nitrogen and oxygen atoms in total. The first-order valence-corrected chi connectivity index (χ1v) is 8.36. The molecule has 1 aliphatic heterocycles. The van der Waals surface area contributed by atoms with Crippen molar-refractivity contribution in [3.63, 3.8) is 0 Å². The number of ether oxygens (including phenoxy) is 1. The van der Waals surface area contributed by atoms with Gasteiger partial charge in [0.15, 0.2) is 0 Å². The molecule has 0 saturated carbocycles. The Morgan fingerprint density at radius 2 is 2.04 bits per heavy atom. The molecular formula is C19H20N2O4. The molecule has 0 aromatic heterocycles. The van der Waals surface area contributed by atoms with Crippen molar-refractivity contribution >= 4 is 17.5 Å². The van der Waals surface area contributed by atoms with Gasteiger partial charge in [-0.05, 0) is 36.0 Å². The standard InChI is InChI=1S/C19H20N2O4/c1-2-15-10-11-20(18-12-16(21(23)24)8-9-17(15)18)19(22)25-13-14-6-4-3-5-7-14/h3-9,12,15H,2,10-11,13H2,1H3. The van der Waals surface area contributed by atoms with E-state index >= 15 is 0 Å². The van der Waals surface area contributed by atoms with E-state index in [1.54, 1.807) is 6.07 Å². The van der Waals surface area contributed by atoms with Crippen LogP contribution in [0.25, 0.3) is 0 Å². The van der Waals surface area contributed by atoms with Crippen LogP contribution in [0.1, 0.15) is 36.8 Å². The second-order valence-electron chi connectivity index (χ2n) is 6.09. The van der Waals surface area contributed by atoms with Crippen LogP contribution in [-0.2, 0) is 11.3 Å². The number of carbonyl (C=O) groups excluding carboxylic acids is 1. The average molecular weight is 340 g/mol. The molecule has 0 bridgehead atoms. The summed E-state index contributed by atoms with van der Waals surface area (Å²) in [6.45, 7) is 2.76. The number of nitro benzene ring substituents is 1. The van der Waals surface area contributed by atoms with Crippen molar-refractivity contribution in [2.75, 3.05) is 11.4 Å². The number of non-ortho nitro benzene ring substituents is 1. The number of hydrogen-bond donors (Lipinski definition) is 0. The van der Waals surface area contributed by atoms with Gasteiger partial charge < -0.3 is 4.74 Å². The third-order valence-electron chi connectivity index (χ3n) is 4.57. The normalized spacial score (nSPS) is 16.2. The number of fused-ring (bicyclic) bond motifs is 1. The van der Waals surface area contributed by atoms with Gasteiger partial charge in [0, 0.05) is 18.7 Å². The Morgan fingerprint density at radius 1 is 1.28 bits per heavy atom. The van der Waals surface area contributed by atoms with Gasteiger partial charge in [-0.2, -0.15) is 0 Å². The molecule has 3 rings (SSSR count). The third kappa shape index (κ3) is 3.63. The molecule has 1 atom stereocenters. The second-order valence-corrected chi connectivity index (χ2v) is 6.09. The van der Waals surface area contributed by atoms with Crippen LogP contribution in [0.2, 0.25) is 0 Å². The first kappa shape index (κ1) is 17.0. The van der Waals surface area contributed by atoms with Gasteiger partial charge in [-0.3, -0.25) is 15.0 Å². The monoisotopic (exact) mass is 340 g/mol. The molecule has 0 spiro atoms. The Labute approximate surface area is 146 Å². The quantitative estimate of drug-likeness (QED) is 0.600. The van der Waals surface area contributed by atoms with Crippen molar-refractivity contribution in [2.45, 2.75) is 32.3 Å². The van der Waals surface area contributed by atoms with Crippen LogP contribution in [-0.4, -0.2) is 17.6 Å². The van der Waals surface area contributed by atoms with Crippen LogP contribution in [0.5, 0.6) is 0 Å². The summed E-state index contributed by atoms with van der Waals surface area (Å²) >= 11 is 0. The number of nitro groups is 1. The summed E-state index contributed by atoms with van der Waals surface area (Å²) in [7, 11) is 0. The van der Waals surface area contributed by atoms with Gasteiger partial charge in [-0.1, -0.05) is 37.3 Å². The number of hydrogen-bond acceptors (Lipinski definition) is 4. The molecular weight excluding hydrogens is 320 g/mol. The average Bonchev–Trinajstić information content (AvgIpc) is 2.65. The fourth-order valence-electron chi connectivity index (χ4n) is 3.20. The van der Waals surface area contributed by atoms with Crippen LogP contribution >= 0.6 is 0 Å². The predicted octanol–water partition coefficient (Wildman–Crippen LogP) is 4.64. The van der Waals surface area contributed by atoms with Crippen LogP contribution in [0.3, 0.4) is 0 Å². The summed E-state index contributed by atoms with van der Waals surface area (Å²) in [6.07, 6.45) is 1.28. The highest BCUT2D eigenvalue weighted by Crippen LogP contribution is 2.39. The molecule has 1 unspecified atom stereocenters. The van der Waals surface area contributed by atoms with Gasteiger partial charge in [0.1, 0.15) is 6.61 Å². The molecule has 2 aromatic rings. The van der Waals surface area contributed by atoms with Gasteiger partial charge in [-0.25, -0.2) is 4.79 Å². The van der Waals surface area contributed by atoms with E-state index in [0.717, 1.165) is 24.0 Å². The Morgan fingerprint density at radius 3 is 2.72 bits per heavy atom. The number of rotatable bonds is 4. The Bertz CT molecular complexity index is 776. The second kappa shape index (κ2) is 7.34. The molecule has 1 amide bonds. The molecule has 130 valence electrons. The minimum atomic E-state index is -0.472. The van der Waals surface area contributed by atoms with E-state index in [2.05, 4.69) is 6.92 Å². The minimum Gasteiger partial charge on any atom is -0.444 e. The van der Waals surface area contributed by atoms with E-state index in [9.17, 15) is 14.9 Å². The van der Waals surface area contributed by atoms with Gasteiger partial charge in [0.05, 0.1) is 10.6 Å². The lowest BCUT2D eigenvalue weighted by molar-refractivity contribution is -0.384. The van der Waals surface area contributed by atoms with E-state index < -0.39 is 11.0 Å². The number of benzene rings is 2. The smallest absolute Gasteiger partial charge is 0.414 e. The van der Waals surface area contributed by atoms with Crippen LogP contribution in [0.4, 0.5) is 16.2 Å². The molecule has 0 radical (unpaired) electrons. The molecule has 6 heteroatoms. The van der Waals surface area contributed by atoms with Crippen molar-refractivity contribution in [2.24, 2.45) is 0 Å². The maximum Gasteiger partial charge on any atom is 0.414 e. The third-order valence-corrected chi connectivity index (χ3v) is 4.57. The van der Waals surface area contributed by atoms with Crippen molar-refractivity contribution in [1.29, 1.82) is 0 Å². The van der Waals surface area contributed by atoms with Crippen molar-refractivity contribution in [3.8, 4) is 0 Å². The lowest BCUT2D eigenvalue weighted by Gasteiger charge is -2.33. The predicted molar refractivity (Wildman–Crippen MR) is 94.7 cm³/mol. The highest BCUT2D eigenvalue weighted by atomic mass is 16.6. The molecule has 2 aromatic carbocycles. The van der Waals surface area contributed by atoms with Crippen LogP contribution < -0.4 is 4.90 Å². The zero-order chi connectivity index (χ0) is 17.8. The van der Waals surface area contributed by atoms with Gasteiger partial charge in [-0.15, -0.1) is 0 Å². The van der Waals surface area contributed by atoms with E-state index in [4.69, 9.17) is 4.74 Å². The lowest BCUT2D eigenvalue weighted by atomic mass is 9.88. The maximum absolute atomic E-state index is 12.5. The summed E-state index contributed by atoms with van der Waals surface area (Å²) in [4.78, 5) is 24.7. The molecule has 1 aliphatic rings. The number of carbonyl (C=O) groups is 1. The number of nitrogens with zero attached hydrogens (tertiary/aromatic N) is 2. The van der Waals surface area contributed by atoms with Gasteiger partial charge >= 0.3 is 6.09 Å². The summed E-state index contributed by atoms with van der Waals surface area (Å²) in [5.74, 6) is 0.300. The van der Waals surface area contributed by atoms with E-state index in [0.29, 0.717) is 18.2 Å². The van der Waals surface area contributed by atoms with E-state index in [1.807, 2.05) is 30.3 Å². The largest absolute Gasteiger partial charge is 0.444 e. The fourth-order valence-corrected chi connectivity index (χ4v) is 3.20. The number of amides is 1. The number of anilines is 1. The molecule has 0 fully saturated rings. The SMILES string of the molecule is CCC1CCN(C(=O)OCc2ccccc2)c2cc([N+](=O)[O-])ccc21. The Kier molecular flexibility index (Phi) is 4.97. The summed E-state index contributed by atoms with van der Waals surface area (Å²) in [6, 6.07) is 14.2. The summed E-state index contributed by atoms with van der Waals surface area (Å²) in [5, 5.41) is 11.1. The molecule has 0 aliphatic carbocycles. The molecule has 0 N–H and O–H groups in total. The Balaban J connectivity index is 1.83. The van der Waals surface area contributed by atoms with Crippen molar-refractivity contribution in [3.05, 3.63) is 69.8 Å². The topological polar surface area (TPSA) is 72.7 Å². The molecule has 0 saturated heterocycles. The van der Waals surface area contributed by atoms with Gasteiger partial charge in [0.2, 0.25) is 0 Å². The highest BCUT2D eigenvalue weighted by Gasteiger charge is 2.30. The first-order valence-electron chi connectivity index (χ1n) is 8.36. The van der Waals surface area contributed by atoms with Crippen molar-refractivity contribution < 1.29 is 14.5 Å². The highest BCUT2D eigenvalue weighted by molar-refractivity contribution is 5.90. The zero-order valence-electron chi connectivity index (χ0n) is 14.1. The fraction of sp³-hybridized carbons (Fsp3) is 0.316.